The van der Waals surface area contributed by atoms with Gasteiger partial charge in [0.15, 0.2) is 0 Å². The fourth-order valence-corrected chi connectivity index (χ4v) is 5.36. The first kappa shape index (κ1) is 30.9. The molecule has 42 heavy (non-hydrogen) atoms. The van der Waals surface area contributed by atoms with E-state index in [1.165, 1.54) is 0 Å². The summed E-state index contributed by atoms with van der Waals surface area (Å²) in [5.74, 6) is 7.08. The third-order valence-corrected chi connectivity index (χ3v) is 7.76. The van der Waals surface area contributed by atoms with Crippen molar-refractivity contribution in [2.45, 2.75) is 97.1 Å². The molecule has 1 aliphatic rings. The summed E-state index contributed by atoms with van der Waals surface area (Å²) in [5.41, 5.74) is 5.31. The van der Waals surface area contributed by atoms with Crippen molar-refractivity contribution in [1.29, 1.82) is 0 Å². The van der Waals surface area contributed by atoms with Crippen LogP contribution in [0.25, 0.3) is 0 Å². The summed E-state index contributed by atoms with van der Waals surface area (Å²) < 4.78 is 0. The summed E-state index contributed by atoms with van der Waals surface area (Å²) in [6.45, 7) is 14.5. The molecule has 1 saturated carbocycles. The molecule has 0 aromatic heterocycles. The lowest BCUT2D eigenvalue weighted by molar-refractivity contribution is 0.390. The summed E-state index contributed by atoms with van der Waals surface area (Å²) in [7, 11) is 0. The van der Waals surface area contributed by atoms with Gasteiger partial charge in [-0.3, -0.25) is 9.98 Å². The zero-order valence-electron chi connectivity index (χ0n) is 26.0. The van der Waals surface area contributed by atoms with E-state index < -0.39 is 0 Å². The van der Waals surface area contributed by atoms with E-state index in [2.05, 4.69) is 53.4 Å². The Bertz CT molecular complexity index is 1540. The number of aliphatic imine (C=N–C) groups is 2. The zero-order valence-corrected chi connectivity index (χ0v) is 26.0. The summed E-state index contributed by atoms with van der Waals surface area (Å²) in [4.78, 5) is 9.90. The summed E-state index contributed by atoms with van der Waals surface area (Å²) in [6.07, 6.45) is 7.59. The van der Waals surface area contributed by atoms with Gasteiger partial charge in [-0.05, 0) is 78.6 Å². The van der Waals surface area contributed by atoms with Crippen molar-refractivity contribution in [3.05, 3.63) is 87.5 Å². The second-order valence-corrected chi connectivity index (χ2v) is 13.5. The highest BCUT2D eigenvalue weighted by atomic mass is 16.3. The quantitative estimate of drug-likeness (QED) is 0.222. The lowest BCUT2D eigenvalue weighted by Crippen LogP contribution is -2.27. The van der Waals surface area contributed by atoms with Crippen LogP contribution in [0.1, 0.15) is 106 Å². The summed E-state index contributed by atoms with van der Waals surface area (Å²) >= 11 is 0. The Kier molecular flexibility index (Phi) is 9.16. The van der Waals surface area contributed by atoms with Gasteiger partial charge in [-0.1, -0.05) is 72.3 Å². The number of aryl methyl sites for hydroxylation is 1. The standard InChI is InChI=1S/C37H44N2O3/c1-24-18-27(34(41)30(19-24)36(2,3)4)22-38-32-10-8-9-11-33(32)39-23-28-20-26(21-31(35(28)42)37(5,6)7)13-12-25-14-16-29(40)17-15-25/h14-23,32-33,40-42H,8-11H2,1-7H3/t32-,33-/m1/s1. The lowest BCUT2D eigenvalue weighted by Gasteiger charge is -2.26. The molecule has 2 atom stereocenters. The highest BCUT2D eigenvalue weighted by Crippen LogP contribution is 2.35. The van der Waals surface area contributed by atoms with Gasteiger partial charge >= 0.3 is 0 Å². The predicted molar refractivity (Wildman–Crippen MR) is 174 cm³/mol. The van der Waals surface area contributed by atoms with Gasteiger partial charge in [0, 0.05) is 45.8 Å². The van der Waals surface area contributed by atoms with Crippen LogP contribution in [0.2, 0.25) is 0 Å². The third-order valence-electron chi connectivity index (χ3n) is 7.76. The van der Waals surface area contributed by atoms with E-state index in [-0.39, 0.29) is 40.2 Å². The minimum atomic E-state index is -0.289. The Morgan fingerprint density at radius 2 is 1.14 bits per heavy atom. The number of phenols is 3. The Hall–Kier alpha value is -4.04. The number of hydrogen-bond donors (Lipinski definition) is 3. The molecule has 5 heteroatoms. The van der Waals surface area contributed by atoms with Gasteiger partial charge in [0.25, 0.3) is 0 Å². The minimum absolute atomic E-state index is 0.00491. The molecular weight excluding hydrogens is 520 g/mol. The highest BCUT2D eigenvalue weighted by Gasteiger charge is 2.25. The van der Waals surface area contributed by atoms with Gasteiger partial charge in [-0.2, -0.15) is 0 Å². The largest absolute Gasteiger partial charge is 0.508 e. The molecule has 0 bridgehead atoms. The molecule has 0 unspecified atom stereocenters. The Balaban J connectivity index is 1.64. The van der Waals surface area contributed by atoms with Crippen LogP contribution in [0.4, 0.5) is 0 Å². The zero-order chi connectivity index (χ0) is 30.7. The molecule has 3 aromatic rings. The van der Waals surface area contributed by atoms with Crippen LogP contribution in [-0.2, 0) is 10.8 Å². The van der Waals surface area contributed by atoms with Gasteiger partial charge in [-0.15, -0.1) is 0 Å². The van der Waals surface area contributed by atoms with Gasteiger partial charge in [0.2, 0.25) is 0 Å². The van der Waals surface area contributed by atoms with Crippen molar-refractivity contribution >= 4 is 12.4 Å². The van der Waals surface area contributed by atoms with Crippen LogP contribution < -0.4 is 0 Å². The smallest absolute Gasteiger partial charge is 0.128 e. The molecular formula is C37H44N2O3. The third kappa shape index (κ3) is 7.62. The Labute approximate surface area is 251 Å². The minimum Gasteiger partial charge on any atom is -0.508 e. The first-order chi connectivity index (χ1) is 19.7. The van der Waals surface area contributed by atoms with Crippen LogP contribution in [0.3, 0.4) is 0 Å². The maximum atomic E-state index is 11.2. The van der Waals surface area contributed by atoms with Gasteiger partial charge in [0.05, 0.1) is 12.1 Å². The van der Waals surface area contributed by atoms with Crippen molar-refractivity contribution in [3.8, 4) is 29.1 Å². The van der Waals surface area contributed by atoms with E-state index in [1.807, 2.05) is 37.4 Å². The van der Waals surface area contributed by atoms with Crippen LogP contribution in [0.15, 0.2) is 58.5 Å². The molecule has 3 N–H and O–H groups in total. The van der Waals surface area contributed by atoms with Crippen molar-refractivity contribution in [2.75, 3.05) is 0 Å². The molecule has 0 amide bonds. The molecule has 4 rings (SSSR count). The van der Waals surface area contributed by atoms with Crippen molar-refractivity contribution in [1.82, 2.24) is 0 Å². The van der Waals surface area contributed by atoms with E-state index >= 15 is 0 Å². The predicted octanol–water partition coefficient (Wildman–Crippen LogP) is 7.96. The van der Waals surface area contributed by atoms with Crippen LogP contribution in [0, 0.1) is 18.8 Å². The second-order valence-electron chi connectivity index (χ2n) is 13.5. The average Bonchev–Trinajstić information content (AvgIpc) is 2.92. The monoisotopic (exact) mass is 564 g/mol. The fraction of sp³-hybridized carbons (Fsp3) is 0.405. The second kappa shape index (κ2) is 12.4. The maximum absolute atomic E-state index is 11.2. The number of nitrogens with zero attached hydrogens (tertiary/aromatic N) is 2. The van der Waals surface area contributed by atoms with E-state index in [9.17, 15) is 15.3 Å². The molecule has 0 aliphatic heterocycles. The van der Waals surface area contributed by atoms with E-state index in [0.29, 0.717) is 5.56 Å². The van der Waals surface area contributed by atoms with E-state index in [0.717, 1.165) is 59.1 Å². The first-order valence-corrected chi connectivity index (χ1v) is 14.8. The lowest BCUT2D eigenvalue weighted by atomic mass is 9.84. The number of aromatic hydroxyl groups is 3. The Morgan fingerprint density at radius 1 is 0.667 bits per heavy atom. The van der Waals surface area contributed by atoms with E-state index in [1.54, 1.807) is 30.5 Å². The normalized spacial score (nSPS) is 17.9. The van der Waals surface area contributed by atoms with Gasteiger partial charge in [-0.25, -0.2) is 0 Å². The Morgan fingerprint density at radius 3 is 1.67 bits per heavy atom. The maximum Gasteiger partial charge on any atom is 0.128 e. The van der Waals surface area contributed by atoms with Gasteiger partial charge in [0.1, 0.15) is 17.2 Å². The topological polar surface area (TPSA) is 85.4 Å². The summed E-state index contributed by atoms with van der Waals surface area (Å²) in [5, 5.41) is 31.8. The number of rotatable bonds is 4. The van der Waals surface area contributed by atoms with Crippen LogP contribution in [0.5, 0.6) is 17.2 Å². The van der Waals surface area contributed by atoms with Gasteiger partial charge < -0.3 is 15.3 Å². The first-order valence-electron chi connectivity index (χ1n) is 14.8. The SMILES string of the molecule is Cc1cc(C=N[C@@H]2CCCC[C@H]2N=Cc2cc(C#Cc3ccc(O)cc3)cc(C(C)(C)C)c2O)c(O)c(C(C)(C)C)c1. The molecule has 0 saturated heterocycles. The molecule has 0 heterocycles. The highest BCUT2D eigenvalue weighted by molar-refractivity contribution is 5.86. The molecule has 220 valence electrons. The number of benzene rings is 3. The number of hydrogen-bond acceptors (Lipinski definition) is 5. The average molecular weight is 565 g/mol. The molecule has 0 spiro atoms. The van der Waals surface area contributed by atoms with Crippen molar-refractivity contribution in [2.24, 2.45) is 9.98 Å². The van der Waals surface area contributed by atoms with Crippen LogP contribution in [-0.4, -0.2) is 39.8 Å². The molecule has 1 aliphatic carbocycles. The van der Waals surface area contributed by atoms with Crippen LogP contribution >= 0.6 is 0 Å². The number of phenolic OH excluding ortho intramolecular Hbond substituents is 3. The summed E-state index contributed by atoms with van der Waals surface area (Å²) in [6, 6.07) is 14.6. The molecule has 3 aromatic carbocycles. The molecule has 5 nitrogen and oxygen atoms in total. The van der Waals surface area contributed by atoms with Crippen molar-refractivity contribution in [3.63, 3.8) is 0 Å². The molecule has 1 fully saturated rings. The fourth-order valence-electron chi connectivity index (χ4n) is 5.36. The van der Waals surface area contributed by atoms with E-state index in [4.69, 9.17) is 9.98 Å². The molecule has 0 radical (unpaired) electrons. The van der Waals surface area contributed by atoms with Crippen molar-refractivity contribution < 1.29 is 15.3 Å².